The van der Waals surface area contributed by atoms with Crippen LogP contribution >= 0.6 is 11.3 Å². The van der Waals surface area contributed by atoms with Crippen LogP contribution in [0.2, 0.25) is 0 Å². The third-order valence-electron chi connectivity index (χ3n) is 4.91. The molecule has 0 fully saturated rings. The zero-order valence-electron chi connectivity index (χ0n) is 15.5. The van der Waals surface area contributed by atoms with Crippen LogP contribution in [0.1, 0.15) is 34.8 Å². The quantitative estimate of drug-likeness (QED) is 0.402. The minimum Gasteiger partial charge on any atom is -0.508 e. The number of phenols is 2. The zero-order valence-corrected chi connectivity index (χ0v) is 16.3. The van der Waals surface area contributed by atoms with E-state index in [1.54, 1.807) is 47.7 Å². The molecule has 1 heterocycles. The van der Waals surface area contributed by atoms with Gasteiger partial charge in [-0.2, -0.15) is 0 Å². The van der Waals surface area contributed by atoms with Crippen LogP contribution in [0.5, 0.6) is 11.5 Å². The van der Waals surface area contributed by atoms with Gasteiger partial charge in [0.1, 0.15) is 11.5 Å². The highest BCUT2D eigenvalue weighted by Crippen LogP contribution is 2.37. The molecule has 28 heavy (non-hydrogen) atoms. The SMILES string of the molecule is CCCc1c(O)ccc(C(=O)c2csc3ccccc23)c1-c1ccc(O)cc1. The van der Waals surface area contributed by atoms with Gasteiger partial charge in [-0.3, -0.25) is 4.79 Å². The third kappa shape index (κ3) is 3.16. The third-order valence-corrected chi connectivity index (χ3v) is 5.88. The van der Waals surface area contributed by atoms with Gasteiger partial charge in [0.05, 0.1) is 0 Å². The summed E-state index contributed by atoms with van der Waals surface area (Å²) >= 11 is 1.55. The fraction of sp³-hybridized carbons (Fsp3) is 0.125. The van der Waals surface area contributed by atoms with Crippen molar-refractivity contribution in [2.75, 3.05) is 0 Å². The molecule has 0 saturated heterocycles. The van der Waals surface area contributed by atoms with E-state index in [0.29, 0.717) is 17.5 Å². The van der Waals surface area contributed by atoms with Crippen molar-refractivity contribution in [1.29, 1.82) is 0 Å². The van der Waals surface area contributed by atoms with Gasteiger partial charge in [0, 0.05) is 32.2 Å². The summed E-state index contributed by atoms with van der Waals surface area (Å²) in [5.74, 6) is 0.298. The Morgan fingerprint density at radius 3 is 2.43 bits per heavy atom. The lowest BCUT2D eigenvalue weighted by Gasteiger charge is -2.16. The van der Waals surface area contributed by atoms with E-state index in [9.17, 15) is 15.0 Å². The van der Waals surface area contributed by atoms with Crippen LogP contribution in [0.25, 0.3) is 21.2 Å². The lowest BCUT2D eigenvalue weighted by Crippen LogP contribution is -2.06. The van der Waals surface area contributed by atoms with Crippen LogP contribution in [-0.2, 0) is 6.42 Å². The highest BCUT2D eigenvalue weighted by atomic mass is 32.1. The van der Waals surface area contributed by atoms with Crippen molar-refractivity contribution in [3.8, 4) is 22.6 Å². The largest absolute Gasteiger partial charge is 0.508 e. The Morgan fingerprint density at radius 1 is 0.929 bits per heavy atom. The molecule has 4 heteroatoms. The Balaban J connectivity index is 1.94. The maximum absolute atomic E-state index is 13.5. The van der Waals surface area contributed by atoms with Gasteiger partial charge in [-0.05, 0) is 47.9 Å². The van der Waals surface area contributed by atoms with Crippen molar-refractivity contribution < 1.29 is 15.0 Å². The van der Waals surface area contributed by atoms with E-state index >= 15 is 0 Å². The second kappa shape index (κ2) is 7.49. The highest BCUT2D eigenvalue weighted by Gasteiger charge is 2.22. The standard InChI is InChI=1S/C24H20O3S/c1-2-5-18-21(26)13-12-19(23(18)15-8-10-16(25)11-9-15)24(27)20-14-28-22-7-4-3-6-17(20)22/h3-4,6-14,25-26H,2,5H2,1H3. The monoisotopic (exact) mass is 388 g/mol. The number of carbonyl (C=O) groups excluding carboxylic acids is 1. The summed E-state index contributed by atoms with van der Waals surface area (Å²) in [6.45, 7) is 2.04. The fourth-order valence-electron chi connectivity index (χ4n) is 3.59. The topological polar surface area (TPSA) is 57.5 Å². The van der Waals surface area contributed by atoms with Gasteiger partial charge in [0.25, 0.3) is 0 Å². The lowest BCUT2D eigenvalue weighted by atomic mass is 9.88. The number of benzene rings is 3. The van der Waals surface area contributed by atoms with E-state index in [1.165, 1.54) is 0 Å². The van der Waals surface area contributed by atoms with Gasteiger partial charge in [0.2, 0.25) is 0 Å². The van der Waals surface area contributed by atoms with Crippen molar-refractivity contribution >= 4 is 27.2 Å². The van der Waals surface area contributed by atoms with Crippen molar-refractivity contribution in [3.63, 3.8) is 0 Å². The molecule has 0 aliphatic carbocycles. The first-order valence-electron chi connectivity index (χ1n) is 9.25. The molecule has 0 saturated carbocycles. The van der Waals surface area contributed by atoms with Gasteiger partial charge in [-0.15, -0.1) is 11.3 Å². The molecule has 0 aliphatic rings. The van der Waals surface area contributed by atoms with Crippen molar-refractivity contribution in [2.45, 2.75) is 19.8 Å². The average Bonchev–Trinajstić information content (AvgIpc) is 3.14. The van der Waals surface area contributed by atoms with E-state index in [-0.39, 0.29) is 17.3 Å². The zero-order chi connectivity index (χ0) is 19.7. The Bertz CT molecular complexity index is 1160. The Kier molecular flexibility index (Phi) is 4.88. The lowest BCUT2D eigenvalue weighted by molar-refractivity contribution is 0.104. The first-order chi connectivity index (χ1) is 13.6. The molecule has 0 radical (unpaired) electrons. The number of thiophene rings is 1. The molecule has 140 valence electrons. The summed E-state index contributed by atoms with van der Waals surface area (Å²) in [6.07, 6.45) is 1.51. The predicted octanol–water partition coefficient (Wildman–Crippen LogP) is 6.16. The molecule has 3 nitrogen and oxygen atoms in total. The first-order valence-corrected chi connectivity index (χ1v) is 10.1. The van der Waals surface area contributed by atoms with Crippen LogP contribution in [0, 0.1) is 0 Å². The van der Waals surface area contributed by atoms with E-state index < -0.39 is 0 Å². The van der Waals surface area contributed by atoms with E-state index in [0.717, 1.165) is 33.2 Å². The highest BCUT2D eigenvalue weighted by molar-refractivity contribution is 7.17. The maximum Gasteiger partial charge on any atom is 0.195 e. The minimum absolute atomic E-state index is 0.0575. The fourth-order valence-corrected chi connectivity index (χ4v) is 4.53. The van der Waals surface area contributed by atoms with E-state index in [2.05, 4.69) is 0 Å². The first kappa shape index (κ1) is 18.3. The van der Waals surface area contributed by atoms with E-state index in [1.807, 2.05) is 36.6 Å². The second-order valence-corrected chi connectivity index (χ2v) is 7.67. The summed E-state index contributed by atoms with van der Waals surface area (Å²) < 4.78 is 1.07. The van der Waals surface area contributed by atoms with Crippen LogP contribution < -0.4 is 0 Å². The smallest absolute Gasteiger partial charge is 0.195 e. The Labute approximate surface area is 167 Å². The summed E-state index contributed by atoms with van der Waals surface area (Å²) in [7, 11) is 0. The summed E-state index contributed by atoms with van der Waals surface area (Å²) in [5.41, 5.74) is 3.55. The molecule has 0 bridgehead atoms. The van der Waals surface area contributed by atoms with Crippen molar-refractivity contribution in [3.05, 3.63) is 82.7 Å². The molecule has 2 N–H and O–H groups in total. The number of phenolic OH excluding ortho intramolecular Hbond substituents is 2. The van der Waals surface area contributed by atoms with Crippen LogP contribution in [-0.4, -0.2) is 16.0 Å². The molecule has 1 aromatic heterocycles. The number of hydrogen-bond acceptors (Lipinski definition) is 4. The van der Waals surface area contributed by atoms with Crippen molar-refractivity contribution in [2.24, 2.45) is 0 Å². The summed E-state index contributed by atoms with van der Waals surface area (Å²) in [4.78, 5) is 13.5. The number of aromatic hydroxyl groups is 2. The van der Waals surface area contributed by atoms with Crippen LogP contribution in [0.3, 0.4) is 0 Å². The van der Waals surface area contributed by atoms with Crippen LogP contribution in [0.4, 0.5) is 0 Å². The number of fused-ring (bicyclic) bond motifs is 1. The number of rotatable bonds is 5. The van der Waals surface area contributed by atoms with Gasteiger partial charge >= 0.3 is 0 Å². The minimum atomic E-state index is -0.0575. The normalized spacial score (nSPS) is 11.0. The molecular formula is C24H20O3S. The average molecular weight is 388 g/mol. The van der Waals surface area contributed by atoms with Gasteiger partial charge in [0.15, 0.2) is 5.78 Å². The van der Waals surface area contributed by atoms with Crippen molar-refractivity contribution in [1.82, 2.24) is 0 Å². The molecule has 4 rings (SSSR count). The van der Waals surface area contributed by atoms with Gasteiger partial charge in [-0.25, -0.2) is 0 Å². The molecule has 0 spiro atoms. The van der Waals surface area contributed by atoms with Gasteiger partial charge in [-0.1, -0.05) is 43.7 Å². The molecule has 0 atom stereocenters. The summed E-state index contributed by atoms with van der Waals surface area (Å²) in [6, 6.07) is 18.0. The predicted molar refractivity (Wildman–Crippen MR) is 114 cm³/mol. The van der Waals surface area contributed by atoms with E-state index in [4.69, 9.17) is 0 Å². The number of hydrogen-bond donors (Lipinski definition) is 2. The molecule has 3 aromatic carbocycles. The van der Waals surface area contributed by atoms with Crippen LogP contribution in [0.15, 0.2) is 66.0 Å². The number of carbonyl (C=O) groups is 1. The molecule has 0 unspecified atom stereocenters. The van der Waals surface area contributed by atoms with Gasteiger partial charge < -0.3 is 10.2 Å². The molecular weight excluding hydrogens is 368 g/mol. The molecule has 0 amide bonds. The summed E-state index contributed by atoms with van der Waals surface area (Å²) in [5, 5.41) is 23.0. The Hall–Kier alpha value is -3.11. The molecule has 0 aliphatic heterocycles. The number of ketones is 1. The molecule has 4 aromatic rings. The second-order valence-electron chi connectivity index (χ2n) is 6.76. The Morgan fingerprint density at radius 2 is 1.68 bits per heavy atom. The maximum atomic E-state index is 13.5.